The minimum absolute atomic E-state index is 0.563. The van der Waals surface area contributed by atoms with Crippen LogP contribution in [0.2, 0.25) is 0 Å². The van der Waals surface area contributed by atoms with Crippen molar-refractivity contribution in [3.8, 4) is 0 Å². The van der Waals surface area contributed by atoms with E-state index >= 15 is 0 Å². The fourth-order valence-corrected chi connectivity index (χ4v) is 3.60. The summed E-state index contributed by atoms with van der Waals surface area (Å²) >= 11 is 4.62. The van der Waals surface area contributed by atoms with E-state index < -0.39 is 0 Å². The van der Waals surface area contributed by atoms with Crippen LogP contribution in [-0.4, -0.2) is 30.3 Å². The largest absolute Gasteiger partial charge is 0.302 e. The molecule has 0 amide bonds. The van der Waals surface area contributed by atoms with Crippen molar-refractivity contribution < 1.29 is 0 Å². The smallest absolute Gasteiger partial charge is 0.00459 e. The van der Waals surface area contributed by atoms with Crippen molar-refractivity contribution in [3.05, 3.63) is 0 Å². The summed E-state index contributed by atoms with van der Waals surface area (Å²) in [5.41, 5.74) is 0.563. The molecule has 2 rings (SSSR count). The van der Waals surface area contributed by atoms with Gasteiger partial charge < -0.3 is 4.90 Å². The lowest BCUT2D eigenvalue weighted by molar-refractivity contribution is 0.165. The van der Waals surface area contributed by atoms with E-state index in [0.29, 0.717) is 5.41 Å². The van der Waals surface area contributed by atoms with E-state index in [0.717, 1.165) is 11.7 Å². The molecule has 1 nitrogen and oxygen atoms in total. The van der Waals surface area contributed by atoms with Gasteiger partial charge in [0.25, 0.3) is 0 Å². The fraction of sp³-hybridized carbons (Fsp3) is 1.00. The summed E-state index contributed by atoms with van der Waals surface area (Å²) < 4.78 is 0. The number of thiol groups is 1. The van der Waals surface area contributed by atoms with Gasteiger partial charge >= 0.3 is 0 Å². The molecule has 0 aromatic carbocycles. The summed E-state index contributed by atoms with van der Waals surface area (Å²) in [5, 5.41) is 0. The molecule has 0 bridgehead atoms. The zero-order chi connectivity index (χ0) is 11.4. The van der Waals surface area contributed by atoms with Crippen LogP contribution in [0.25, 0.3) is 0 Å². The van der Waals surface area contributed by atoms with Crippen LogP contribution in [0.1, 0.15) is 51.9 Å². The van der Waals surface area contributed by atoms with Crippen LogP contribution >= 0.6 is 12.6 Å². The Morgan fingerprint density at radius 1 is 1.25 bits per heavy atom. The Balaban J connectivity index is 1.86. The highest BCUT2D eigenvalue weighted by atomic mass is 32.1. The SMILES string of the molecule is CCCN(CC1CC1)CC1(CS)CCCC1. The minimum Gasteiger partial charge on any atom is -0.302 e. The van der Waals surface area contributed by atoms with Gasteiger partial charge in [-0.1, -0.05) is 19.8 Å². The molecule has 2 aliphatic rings. The fourth-order valence-electron chi connectivity index (χ4n) is 3.18. The molecule has 0 N–H and O–H groups in total. The highest BCUT2D eigenvalue weighted by Gasteiger charge is 2.35. The summed E-state index contributed by atoms with van der Waals surface area (Å²) in [6, 6.07) is 0. The van der Waals surface area contributed by atoms with Crippen molar-refractivity contribution in [2.75, 3.05) is 25.4 Å². The van der Waals surface area contributed by atoms with Crippen LogP contribution in [-0.2, 0) is 0 Å². The van der Waals surface area contributed by atoms with E-state index in [1.165, 1.54) is 64.6 Å². The molecule has 0 unspecified atom stereocenters. The van der Waals surface area contributed by atoms with Gasteiger partial charge in [-0.05, 0) is 55.7 Å². The number of rotatable bonds is 7. The molecular formula is C14H27NS. The summed E-state index contributed by atoms with van der Waals surface area (Å²) in [6.45, 7) is 6.29. The van der Waals surface area contributed by atoms with Gasteiger partial charge in [-0.3, -0.25) is 0 Å². The molecule has 16 heavy (non-hydrogen) atoms. The molecule has 0 atom stereocenters. The molecule has 2 aliphatic carbocycles. The van der Waals surface area contributed by atoms with Crippen LogP contribution in [0.3, 0.4) is 0 Å². The maximum atomic E-state index is 4.62. The molecule has 0 aromatic rings. The molecule has 94 valence electrons. The van der Waals surface area contributed by atoms with Gasteiger partial charge in [0.1, 0.15) is 0 Å². The van der Waals surface area contributed by atoms with Crippen molar-refractivity contribution >= 4 is 12.6 Å². The standard InChI is InChI=1S/C14H27NS/c1-2-9-15(10-13-5-6-13)11-14(12-16)7-3-4-8-14/h13,16H,2-12H2,1H3. The predicted octanol–water partition coefficient (Wildman–Crippen LogP) is 3.60. The maximum absolute atomic E-state index is 4.62. The number of hydrogen-bond donors (Lipinski definition) is 1. The van der Waals surface area contributed by atoms with Crippen LogP contribution in [0.15, 0.2) is 0 Å². The monoisotopic (exact) mass is 241 g/mol. The topological polar surface area (TPSA) is 3.24 Å². The highest BCUT2D eigenvalue weighted by Crippen LogP contribution is 2.40. The van der Waals surface area contributed by atoms with E-state index in [1.807, 2.05) is 0 Å². The molecule has 0 aromatic heterocycles. The van der Waals surface area contributed by atoms with Crippen molar-refractivity contribution in [2.24, 2.45) is 11.3 Å². The Morgan fingerprint density at radius 3 is 2.44 bits per heavy atom. The number of nitrogens with zero attached hydrogens (tertiary/aromatic N) is 1. The van der Waals surface area contributed by atoms with Crippen LogP contribution in [0.5, 0.6) is 0 Å². The lowest BCUT2D eigenvalue weighted by Crippen LogP contribution is -2.39. The molecule has 0 aliphatic heterocycles. The van der Waals surface area contributed by atoms with Gasteiger partial charge in [-0.15, -0.1) is 0 Å². The molecule has 0 heterocycles. The van der Waals surface area contributed by atoms with Gasteiger partial charge in [-0.25, -0.2) is 0 Å². The first-order valence-corrected chi connectivity index (χ1v) is 7.74. The summed E-state index contributed by atoms with van der Waals surface area (Å²) in [6.07, 6.45) is 9.97. The van der Waals surface area contributed by atoms with Gasteiger partial charge in [0.05, 0.1) is 0 Å². The molecule has 2 fully saturated rings. The molecule has 0 saturated heterocycles. The normalized spacial score (nSPS) is 24.2. The molecule has 0 radical (unpaired) electrons. The summed E-state index contributed by atoms with van der Waals surface area (Å²) in [4.78, 5) is 2.74. The Bertz CT molecular complexity index is 207. The molecule has 2 heteroatoms. The van der Waals surface area contributed by atoms with Crippen molar-refractivity contribution in [1.29, 1.82) is 0 Å². The first-order chi connectivity index (χ1) is 7.78. The molecule has 0 spiro atoms. The summed E-state index contributed by atoms with van der Waals surface area (Å²) in [5.74, 6) is 2.13. The van der Waals surface area contributed by atoms with Gasteiger partial charge in [0.15, 0.2) is 0 Å². The molecular weight excluding hydrogens is 214 g/mol. The second-order valence-electron chi connectivity index (χ2n) is 6.04. The van der Waals surface area contributed by atoms with Gasteiger partial charge in [0, 0.05) is 13.1 Å². The van der Waals surface area contributed by atoms with Crippen LogP contribution in [0, 0.1) is 11.3 Å². The second kappa shape index (κ2) is 5.77. The van der Waals surface area contributed by atoms with E-state index in [2.05, 4.69) is 24.5 Å². The highest BCUT2D eigenvalue weighted by molar-refractivity contribution is 7.80. The lowest BCUT2D eigenvalue weighted by atomic mass is 9.87. The zero-order valence-corrected chi connectivity index (χ0v) is 11.6. The Hall–Kier alpha value is 0.310. The Morgan fingerprint density at radius 2 is 1.94 bits per heavy atom. The first kappa shape index (κ1) is 12.8. The lowest BCUT2D eigenvalue weighted by Gasteiger charge is -2.34. The minimum atomic E-state index is 0.563. The van der Waals surface area contributed by atoms with E-state index in [4.69, 9.17) is 0 Å². The third-order valence-corrected chi connectivity index (χ3v) is 4.98. The van der Waals surface area contributed by atoms with E-state index in [-0.39, 0.29) is 0 Å². The average molecular weight is 241 g/mol. The van der Waals surface area contributed by atoms with Gasteiger partial charge in [-0.2, -0.15) is 12.6 Å². The predicted molar refractivity (Wildman–Crippen MR) is 74.2 cm³/mol. The third-order valence-electron chi connectivity index (χ3n) is 4.31. The average Bonchev–Trinajstić information content (AvgIpc) is 2.96. The zero-order valence-electron chi connectivity index (χ0n) is 10.7. The maximum Gasteiger partial charge on any atom is 0.00459 e. The van der Waals surface area contributed by atoms with E-state index in [9.17, 15) is 0 Å². The first-order valence-electron chi connectivity index (χ1n) is 7.11. The number of hydrogen-bond acceptors (Lipinski definition) is 2. The van der Waals surface area contributed by atoms with Crippen LogP contribution in [0.4, 0.5) is 0 Å². The van der Waals surface area contributed by atoms with Crippen molar-refractivity contribution in [2.45, 2.75) is 51.9 Å². The quantitative estimate of drug-likeness (QED) is 0.667. The Kier molecular flexibility index (Phi) is 4.60. The summed E-state index contributed by atoms with van der Waals surface area (Å²) in [7, 11) is 0. The second-order valence-corrected chi connectivity index (χ2v) is 6.36. The molecule has 2 saturated carbocycles. The van der Waals surface area contributed by atoms with Crippen molar-refractivity contribution in [3.63, 3.8) is 0 Å². The van der Waals surface area contributed by atoms with Crippen molar-refractivity contribution in [1.82, 2.24) is 4.90 Å². The third kappa shape index (κ3) is 3.40. The van der Waals surface area contributed by atoms with E-state index in [1.54, 1.807) is 0 Å². The van der Waals surface area contributed by atoms with Gasteiger partial charge in [0.2, 0.25) is 0 Å². The Labute approximate surface area is 106 Å². The van der Waals surface area contributed by atoms with Crippen LogP contribution < -0.4 is 0 Å².